The van der Waals surface area contributed by atoms with Crippen LogP contribution in [0.25, 0.3) is 0 Å². The van der Waals surface area contributed by atoms with Gasteiger partial charge in [-0.15, -0.1) is 11.8 Å². The summed E-state index contributed by atoms with van der Waals surface area (Å²) in [5.41, 5.74) is 0. The van der Waals surface area contributed by atoms with Crippen molar-refractivity contribution in [3.63, 3.8) is 0 Å². The molecule has 0 saturated heterocycles. The average Bonchev–Trinajstić information content (AvgIpc) is 2.13. The molecule has 0 aromatic heterocycles. The zero-order valence-corrected chi connectivity index (χ0v) is 7.00. The number of carboxylic acid groups (broad SMARTS) is 1. The van der Waals surface area contributed by atoms with Gasteiger partial charge in [0, 0.05) is 11.5 Å². The minimum Gasteiger partial charge on any atom is -0.480 e. The Kier molecular flexibility index (Phi) is 1.97. The minimum atomic E-state index is -0.801. The Morgan fingerprint density at radius 1 is 2.00 bits per heavy atom. The van der Waals surface area contributed by atoms with E-state index in [0.29, 0.717) is 11.5 Å². The van der Waals surface area contributed by atoms with Crippen LogP contribution in [-0.2, 0) is 4.79 Å². The predicted octanol–water partition coefficient (Wildman–Crippen LogP) is 2.05. The molecule has 0 aromatic carbocycles. The first kappa shape index (κ1) is 7.95. The normalized spacial score (nSPS) is 32.0. The third-order valence-corrected chi connectivity index (χ3v) is 3.02. The second-order valence-corrected chi connectivity index (χ2v) is 4.25. The first-order valence-electron chi connectivity index (χ1n) is 2.80. The number of allylic oxidation sites excluding steroid dienone is 1. The summed E-state index contributed by atoms with van der Waals surface area (Å²) in [6.07, 6.45) is 0.439. The highest BCUT2D eigenvalue weighted by molar-refractivity contribution is 8.04. The van der Waals surface area contributed by atoms with E-state index in [9.17, 15) is 4.79 Å². The van der Waals surface area contributed by atoms with Crippen molar-refractivity contribution in [2.45, 2.75) is 18.1 Å². The van der Waals surface area contributed by atoms with Gasteiger partial charge >= 0.3 is 5.97 Å². The van der Waals surface area contributed by atoms with Gasteiger partial charge in [0.15, 0.2) is 0 Å². The van der Waals surface area contributed by atoms with Gasteiger partial charge in [-0.3, -0.25) is 4.79 Å². The van der Waals surface area contributed by atoms with E-state index in [2.05, 4.69) is 0 Å². The summed E-state index contributed by atoms with van der Waals surface area (Å²) in [5.74, 6) is -0.801. The van der Waals surface area contributed by atoms with E-state index in [1.165, 1.54) is 11.8 Å². The lowest BCUT2D eigenvalue weighted by Crippen LogP contribution is -2.28. The molecule has 0 radical (unpaired) electrons. The summed E-state index contributed by atoms with van der Waals surface area (Å²) in [5, 5.41) is 11.0. The van der Waals surface area contributed by atoms with Crippen molar-refractivity contribution in [2.75, 3.05) is 0 Å². The third-order valence-electron chi connectivity index (χ3n) is 1.41. The van der Waals surface area contributed by atoms with Crippen molar-refractivity contribution in [1.82, 2.24) is 0 Å². The number of carboxylic acids is 1. The number of aliphatic carboxylic acids is 1. The number of carbonyl (C=O) groups is 1. The number of hydrogen-bond acceptors (Lipinski definition) is 2. The molecule has 10 heavy (non-hydrogen) atoms. The van der Waals surface area contributed by atoms with Crippen molar-refractivity contribution >= 4 is 29.3 Å². The van der Waals surface area contributed by atoms with Crippen molar-refractivity contribution < 1.29 is 9.90 Å². The molecule has 1 aliphatic rings. The van der Waals surface area contributed by atoms with Crippen LogP contribution in [0.1, 0.15) is 13.3 Å². The molecule has 1 heterocycles. The molecule has 56 valence electrons. The second kappa shape index (κ2) is 2.47. The summed E-state index contributed by atoms with van der Waals surface area (Å²) in [7, 11) is 0. The van der Waals surface area contributed by atoms with Gasteiger partial charge < -0.3 is 5.11 Å². The number of rotatable bonds is 1. The maximum atomic E-state index is 10.6. The molecule has 2 nitrogen and oxygen atoms in total. The van der Waals surface area contributed by atoms with Gasteiger partial charge in [-0.1, -0.05) is 11.6 Å². The highest BCUT2D eigenvalue weighted by Crippen LogP contribution is 2.41. The van der Waals surface area contributed by atoms with Crippen LogP contribution >= 0.6 is 23.4 Å². The van der Waals surface area contributed by atoms with E-state index >= 15 is 0 Å². The molecule has 1 aliphatic heterocycles. The SMILES string of the molecule is CC1(C(=O)O)CC(Cl)=CS1. The summed E-state index contributed by atoms with van der Waals surface area (Å²) in [6.45, 7) is 1.67. The Morgan fingerprint density at radius 2 is 2.60 bits per heavy atom. The van der Waals surface area contributed by atoms with Crippen LogP contribution in [0, 0.1) is 0 Å². The van der Waals surface area contributed by atoms with E-state index in [4.69, 9.17) is 16.7 Å². The Morgan fingerprint density at radius 3 is 2.80 bits per heavy atom. The lowest BCUT2D eigenvalue weighted by atomic mass is 10.1. The Bertz CT molecular complexity index is 202. The molecule has 0 aliphatic carbocycles. The minimum absolute atomic E-state index is 0.439. The highest BCUT2D eigenvalue weighted by Gasteiger charge is 2.37. The highest BCUT2D eigenvalue weighted by atomic mass is 35.5. The summed E-state index contributed by atoms with van der Waals surface area (Å²) >= 11 is 6.88. The van der Waals surface area contributed by atoms with Gasteiger partial charge in [0.05, 0.1) is 0 Å². The maximum absolute atomic E-state index is 10.6. The van der Waals surface area contributed by atoms with Crippen molar-refractivity contribution in [2.24, 2.45) is 0 Å². The molecule has 4 heteroatoms. The van der Waals surface area contributed by atoms with Crippen LogP contribution in [0.15, 0.2) is 10.4 Å². The number of halogens is 1. The Labute approximate surface area is 68.3 Å². The van der Waals surface area contributed by atoms with Crippen LogP contribution in [-0.4, -0.2) is 15.8 Å². The molecule has 1 atom stereocenters. The van der Waals surface area contributed by atoms with Gasteiger partial charge in [0.25, 0.3) is 0 Å². The van der Waals surface area contributed by atoms with Crippen molar-refractivity contribution in [3.05, 3.63) is 10.4 Å². The van der Waals surface area contributed by atoms with E-state index < -0.39 is 10.7 Å². The van der Waals surface area contributed by atoms with Gasteiger partial charge in [-0.25, -0.2) is 0 Å². The zero-order chi connectivity index (χ0) is 7.78. The molecule has 0 saturated carbocycles. The van der Waals surface area contributed by atoms with Crippen molar-refractivity contribution in [3.8, 4) is 0 Å². The standard InChI is InChI=1S/C6H7ClO2S/c1-6(5(8)9)2-4(7)3-10-6/h3H,2H2,1H3,(H,8,9). The quantitative estimate of drug-likeness (QED) is 0.668. The van der Waals surface area contributed by atoms with Gasteiger partial charge in [-0.2, -0.15) is 0 Å². The van der Waals surface area contributed by atoms with Crippen LogP contribution in [0.4, 0.5) is 0 Å². The monoisotopic (exact) mass is 178 g/mol. The fourth-order valence-corrected chi connectivity index (χ4v) is 2.02. The predicted molar refractivity (Wildman–Crippen MR) is 42.2 cm³/mol. The largest absolute Gasteiger partial charge is 0.480 e. The lowest BCUT2D eigenvalue weighted by Gasteiger charge is -2.15. The summed E-state index contributed by atoms with van der Waals surface area (Å²) in [4.78, 5) is 10.6. The Balaban J connectivity index is 2.70. The molecule has 0 fully saturated rings. The third kappa shape index (κ3) is 1.30. The molecule has 1 unspecified atom stereocenters. The van der Waals surface area contributed by atoms with Gasteiger partial charge in [0.2, 0.25) is 0 Å². The maximum Gasteiger partial charge on any atom is 0.320 e. The first-order chi connectivity index (χ1) is 4.54. The van der Waals surface area contributed by atoms with Crippen LogP contribution in [0.3, 0.4) is 0 Å². The van der Waals surface area contributed by atoms with E-state index in [-0.39, 0.29) is 0 Å². The molecule has 1 rings (SSSR count). The summed E-state index contributed by atoms with van der Waals surface area (Å²) < 4.78 is -0.725. The second-order valence-electron chi connectivity index (χ2n) is 2.40. The molecule has 0 amide bonds. The molecule has 1 N–H and O–H groups in total. The molecule has 0 aromatic rings. The molecule has 0 spiro atoms. The number of thioether (sulfide) groups is 1. The fraction of sp³-hybridized carbons (Fsp3) is 0.500. The van der Waals surface area contributed by atoms with Gasteiger partial charge in [-0.05, 0) is 12.3 Å². The van der Waals surface area contributed by atoms with E-state index in [1.807, 2.05) is 0 Å². The van der Waals surface area contributed by atoms with E-state index in [0.717, 1.165) is 0 Å². The Hall–Kier alpha value is -0.150. The molecular weight excluding hydrogens is 172 g/mol. The van der Waals surface area contributed by atoms with Crippen molar-refractivity contribution in [1.29, 1.82) is 0 Å². The average molecular weight is 179 g/mol. The number of hydrogen-bond donors (Lipinski definition) is 1. The first-order valence-corrected chi connectivity index (χ1v) is 4.06. The van der Waals surface area contributed by atoms with Crippen LogP contribution in [0.2, 0.25) is 0 Å². The van der Waals surface area contributed by atoms with Gasteiger partial charge in [0.1, 0.15) is 4.75 Å². The molecule has 0 bridgehead atoms. The molecular formula is C6H7ClO2S. The van der Waals surface area contributed by atoms with Crippen LogP contribution in [0.5, 0.6) is 0 Å². The van der Waals surface area contributed by atoms with Crippen LogP contribution < -0.4 is 0 Å². The topological polar surface area (TPSA) is 37.3 Å². The summed E-state index contributed by atoms with van der Waals surface area (Å²) in [6, 6.07) is 0. The zero-order valence-electron chi connectivity index (χ0n) is 5.43. The smallest absolute Gasteiger partial charge is 0.320 e. The fourth-order valence-electron chi connectivity index (χ4n) is 0.726. The van der Waals surface area contributed by atoms with E-state index in [1.54, 1.807) is 12.3 Å². The lowest BCUT2D eigenvalue weighted by molar-refractivity contribution is -0.139.